The van der Waals surface area contributed by atoms with Gasteiger partial charge in [-0.15, -0.1) is 0 Å². The van der Waals surface area contributed by atoms with Gasteiger partial charge in [-0.1, -0.05) is 36.4 Å². The normalized spacial score (nSPS) is 22.0. The first kappa shape index (κ1) is 15.4. The first-order valence-electron chi connectivity index (χ1n) is 8.03. The third kappa shape index (κ3) is 2.31. The highest BCUT2D eigenvalue weighted by Crippen LogP contribution is 2.35. The van der Waals surface area contributed by atoms with Crippen LogP contribution in [0, 0.1) is 5.82 Å². The number of benzene rings is 2. The third-order valence-corrected chi connectivity index (χ3v) is 4.48. The van der Waals surface area contributed by atoms with Gasteiger partial charge in [-0.05, 0) is 36.2 Å². The van der Waals surface area contributed by atoms with E-state index in [-0.39, 0.29) is 5.69 Å². The maximum atomic E-state index is 14.1. The average molecular weight is 338 g/mol. The quantitative estimate of drug-likeness (QED) is 0.808. The van der Waals surface area contributed by atoms with Crippen molar-refractivity contribution in [2.24, 2.45) is 10.3 Å². The molecule has 2 amide bonds. The Bertz CT molecular complexity index is 881. The van der Waals surface area contributed by atoms with Crippen molar-refractivity contribution >= 4 is 23.2 Å². The smallest absolute Gasteiger partial charge is 0.263 e. The Labute approximate surface area is 143 Å². The topological polar surface area (TPSA) is 65.3 Å². The highest BCUT2D eigenvalue weighted by Gasteiger charge is 2.55. The number of amides is 2. The molecule has 6 nitrogen and oxygen atoms in total. The summed E-state index contributed by atoms with van der Waals surface area (Å²) >= 11 is 0. The molecule has 2 aromatic rings. The molecule has 1 saturated heterocycles. The van der Waals surface area contributed by atoms with Gasteiger partial charge < -0.3 is 0 Å². The zero-order valence-electron chi connectivity index (χ0n) is 13.5. The Morgan fingerprint density at radius 2 is 1.76 bits per heavy atom. The molecule has 2 unspecified atom stereocenters. The summed E-state index contributed by atoms with van der Waals surface area (Å²) < 4.78 is 14.1. The van der Waals surface area contributed by atoms with Crippen molar-refractivity contribution in [1.29, 1.82) is 0 Å². The van der Waals surface area contributed by atoms with Crippen molar-refractivity contribution in [2.75, 3.05) is 9.91 Å². The van der Waals surface area contributed by atoms with E-state index in [1.807, 2.05) is 19.1 Å². The molecule has 2 aliphatic rings. The minimum Gasteiger partial charge on any atom is -0.271 e. The van der Waals surface area contributed by atoms with Crippen molar-refractivity contribution in [1.82, 2.24) is 0 Å². The minimum absolute atomic E-state index is 0.128. The van der Waals surface area contributed by atoms with Gasteiger partial charge in [0, 0.05) is 0 Å². The number of hydrogen-bond donors (Lipinski definition) is 0. The van der Waals surface area contributed by atoms with E-state index in [9.17, 15) is 14.0 Å². The summed E-state index contributed by atoms with van der Waals surface area (Å²) in [7, 11) is 0. The lowest BCUT2D eigenvalue weighted by molar-refractivity contribution is -0.121. The molecule has 4 rings (SSSR count). The summed E-state index contributed by atoms with van der Waals surface area (Å²) in [5.74, 6) is -1.41. The van der Waals surface area contributed by atoms with Crippen LogP contribution < -0.4 is 9.91 Å². The number of fused-ring (bicyclic) bond motifs is 1. The van der Waals surface area contributed by atoms with E-state index in [0.29, 0.717) is 5.69 Å². The van der Waals surface area contributed by atoms with Gasteiger partial charge in [0.05, 0.1) is 11.4 Å². The van der Waals surface area contributed by atoms with Crippen LogP contribution in [0.5, 0.6) is 0 Å². The van der Waals surface area contributed by atoms with E-state index in [2.05, 4.69) is 10.3 Å². The lowest BCUT2D eigenvalue weighted by atomic mass is 10.1. The largest absolute Gasteiger partial charge is 0.271 e. The van der Waals surface area contributed by atoms with E-state index >= 15 is 0 Å². The van der Waals surface area contributed by atoms with E-state index < -0.39 is 29.7 Å². The van der Waals surface area contributed by atoms with Gasteiger partial charge >= 0.3 is 0 Å². The number of carbonyl (C=O) groups is 2. The molecule has 1 fully saturated rings. The summed E-state index contributed by atoms with van der Waals surface area (Å²) in [6.07, 6.45) is 0.864. The fourth-order valence-electron chi connectivity index (χ4n) is 3.13. The van der Waals surface area contributed by atoms with Crippen LogP contribution in [-0.4, -0.2) is 23.9 Å². The number of nitrogens with zero attached hydrogens (tertiary/aromatic N) is 4. The molecule has 0 aliphatic carbocycles. The Balaban J connectivity index is 1.69. The van der Waals surface area contributed by atoms with Crippen molar-refractivity contribution < 1.29 is 14.0 Å². The molecule has 0 spiro atoms. The standard InChI is InChI=1S/C18H15FN4O2/c1-2-11-7-9-12(10-8-11)22-17(24)15-16(18(22)25)23(21-20-15)14-6-4-3-5-13(14)19/h3-10,15-16H,2H2,1H3. The molecule has 7 heteroatoms. The lowest BCUT2D eigenvalue weighted by Crippen LogP contribution is -2.40. The maximum absolute atomic E-state index is 14.1. The van der Waals surface area contributed by atoms with Crippen molar-refractivity contribution in [3.8, 4) is 0 Å². The summed E-state index contributed by atoms with van der Waals surface area (Å²) in [4.78, 5) is 26.6. The van der Waals surface area contributed by atoms with Gasteiger partial charge in [-0.2, -0.15) is 5.11 Å². The molecular weight excluding hydrogens is 323 g/mol. The SMILES string of the molecule is CCc1ccc(N2C(=O)C3N=NN(c4ccccc4F)C3C2=O)cc1. The molecule has 0 N–H and O–H groups in total. The van der Waals surface area contributed by atoms with E-state index in [0.717, 1.165) is 16.9 Å². The van der Waals surface area contributed by atoms with Gasteiger partial charge in [0.1, 0.15) is 5.82 Å². The minimum atomic E-state index is -0.949. The maximum Gasteiger partial charge on any atom is 0.263 e. The third-order valence-electron chi connectivity index (χ3n) is 4.48. The Kier molecular flexibility index (Phi) is 3.56. The highest BCUT2D eigenvalue weighted by atomic mass is 19.1. The number of anilines is 2. The molecule has 126 valence electrons. The lowest BCUT2D eigenvalue weighted by Gasteiger charge is -2.21. The van der Waals surface area contributed by atoms with E-state index in [1.54, 1.807) is 24.3 Å². The predicted octanol–water partition coefficient (Wildman–Crippen LogP) is 2.89. The van der Waals surface area contributed by atoms with Crippen LogP contribution in [0.4, 0.5) is 15.8 Å². The fraction of sp³-hybridized carbons (Fsp3) is 0.222. The second kappa shape index (κ2) is 5.77. The van der Waals surface area contributed by atoms with Crippen molar-refractivity contribution in [3.63, 3.8) is 0 Å². The zero-order chi connectivity index (χ0) is 17.6. The molecular formula is C18H15FN4O2. The Morgan fingerprint density at radius 1 is 1.04 bits per heavy atom. The van der Waals surface area contributed by atoms with Crippen LogP contribution in [0.2, 0.25) is 0 Å². The summed E-state index contributed by atoms with van der Waals surface area (Å²) in [5.41, 5.74) is 1.73. The van der Waals surface area contributed by atoms with Crippen LogP contribution >= 0.6 is 0 Å². The molecule has 2 heterocycles. The predicted molar refractivity (Wildman–Crippen MR) is 89.6 cm³/mol. The van der Waals surface area contributed by atoms with E-state index in [1.165, 1.54) is 17.1 Å². The number of imide groups is 1. The Morgan fingerprint density at radius 3 is 2.44 bits per heavy atom. The van der Waals surface area contributed by atoms with E-state index in [4.69, 9.17) is 0 Å². The fourth-order valence-corrected chi connectivity index (χ4v) is 3.13. The van der Waals surface area contributed by atoms with Crippen molar-refractivity contribution in [3.05, 3.63) is 59.9 Å². The number of rotatable bonds is 3. The average Bonchev–Trinajstić information content (AvgIpc) is 3.16. The molecule has 0 saturated carbocycles. The number of aryl methyl sites for hydroxylation is 1. The molecule has 2 atom stereocenters. The number of carbonyl (C=O) groups excluding carboxylic acids is 2. The number of para-hydroxylation sites is 1. The highest BCUT2D eigenvalue weighted by molar-refractivity contribution is 6.26. The monoisotopic (exact) mass is 338 g/mol. The van der Waals surface area contributed by atoms with Gasteiger partial charge in [-0.25, -0.2) is 14.3 Å². The van der Waals surface area contributed by atoms with Crippen LogP contribution in [0.3, 0.4) is 0 Å². The molecule has 0 aromatic heterocycles. The molecule has 2 aromatic carbocycles. The van der Waals surface area contributed by atoms with Crippen molar-refractivity contribution in [2.45, 2.75) is 25.4 Å². The molecule has 25 heavy (non-hydrogen) atoms. The van der Waals surface area contributed by atoms with Gasteiger partial charge in [0.25, 0.3) is 11.8 Å². The molecule has 0 radical (unpaired) electrons. The summed E-state index contributed by atoms with van der Waals surface area (Å²) in [6, 6.07) is 11.3. The summed E-state index contributed by atoms with van der Waals surface area (Å²) in [6.45, 7) is 2.03. The number of hydrogen-bond acceptors (Lipinski definition) is 5. The van der Waals surface area contributed by atoms with Crippen LogP contribution in [0.1, 0.15) is 12.5 Å². The second-order valence-electron chi connectivity index (χ2n) is 5.92. The molecule has 2 aliphatic heterocycles. The van der Waals surface area contributed by atoms with Crippen LogP contribution in [0.25, 0.3) is 0 Å². The van der Waals surface area contributed by atoms with Crippen LogP contribution in [0.15, 0.2) is 58.9 Å². The zero-order valence-corrected chi connectivity index (χ0v) is 13.5. The number of halogens is 1. The Hall–Kier alpha value is -3.09. The first-order chi connectivity index (χ1) is 12.1. The first-order valence-corrected chi connectivity index (χ1v) is 8.03. The van der Waals surface area contributed by atoms with Gasteiger partial charge in [-0.3, -0.25) is 9.59 Å². The van der Waals surface area contributed by atoms with Gasteiger partial charge in [0.15, 0.2) is 12.1 Å². The van der Waals surface area contributed by atoms with Gasteiger partial charge in [0.2, 0.25) is 0 Å². The second-order valence-corrected chi connectivity index (χ2v) is 5.92. The summed E-state index contributed by atoms with van der Waals surface area (Å²) in [5, 5.41) is 8.96. The van der Waals surface area contributed by atoms with Crippen LogP contribution in [-0.2, 0) is 16.0 Å². The molecule has 0 bridgehead atoms.